The molecule has 70 heavy (non-hydrogen) atoms. The van der Waals surface area contributed by atoms with E-state index in [0.29, 0.717) is 37.4 Å². The molecule has 0 unspecified atom stereocenters. The van der Waals surface area contributed by atoms with Gasteiger partial charge in [-0.15, -0.1) is 5.10 Å². The zero-order valence-corrected chi connectivity index (χ0v) is 44.2. The maximum atomic E-state index is 14.5. The molecule has 1 aromatic heterocycles. The first-order valence-corrected chi connectivity index (χ1v) is 25.2. The normalized spacial score (nSPS) is 40.3. The smallest absolute Gasteiger partial charge is 0.311 e. The SMILES string of the molecule is CC[C@H]1OC(=O)[C@H](C)[C@@H](O[C@H]2C[C@@](C)(OC)[C@@H](O)[C@H](C)O2)[C@H](C)[C@@H](O[C@@H]2O[C@H](C)C[C@H](N(C)CCc3cn(C[C@H](O)COc4ccc(C)cc4)nn3)[C@H]2O)[C@](C)(O)C[C@@H](C)CN(C)[C@H](C)[C@@H](O)[C@]1(C)O. The van der Waals surface area contributed by atoms with Crippen LogP contribution >= 0.6 is 0 Å². The van der Waals surface area contributed by atoms with E-state index >= 15 is 0 Å². The van der Waals surface area contributed by atoms with Crippen molar-refractivity contribution in [3.8, 4) is 5.75 Å². The van der Waals surface area contributed by atoms with Crippen LogP contribution < -0.4 is 4.74 Å². The van der Waals surface area contributed by atoms with E-state index in [9.17, 15) is 35.4 Å². The summed E-state index contributed by atoms with van der Waals surface area (Å²) in [5, 5.41) is 78.8. The third-order valence-electron chi connectivity index (χ3n) is 15.3. The Balaban J connectivity index is 1.40. The second-order valence-corrected chi connectivity index (χ2v) is 21.6. The van der Waals surface area contributed by atoms with Crippen LogP contribution in [0.3, 0.4) is 0 Å². The fourth-order valence-corrected chi connectivity index (χ4v) is 10.8. The van der Waals surface area contributed by atoms with Crippen molar-refractivity contribution < 1.29 is 68.6 Å². The Morgan fingerprint density at radius 1 is 0.971 bits per heavy atom. The van der Waals surface area contributed by atoms with Crippen LogP contribution in [0.1, 0.15) is 106 Å². The Hall–Kier alpha value is -2.89. The average Bonchev–Trinajstić information content (AvgIpc) is 3.75. The topological polar surface area (TPSA) is 240 Å². The lowest BCUT2D eigenvalue weighted by molar-refractivity contribution is -0.318. The number of esters is 1. The Morgan fingerprint density at radius 2 is 1.64 bits per heavy atom. The van der Waals surface area contributed by atoms with E-state index in [1.165, 1.54) is 14.0 Å². The molecule has 6 N–H and O–H groups in total. The summed E-state index contributed by atoms with van der Waals surface area (Å²) in [6.07, 6.45) is -7.69. The highest BCUT2D eigenvalue weighted by Crippen LogP contribution is 2.40. The second-order valence-electron chi connectivity index (χ2n) is 21.6. The number of cyclic esters (lactones) is 1. The van der Waals surface area contributed by atoms with Crippen LogP contribution in [0, 0.1) is 24.7 Å². The van der Waals surface area contributed by atoms with Crippen LogP contribution in [0.2, 0.25) is 0 Å². The van der Waals surface area contributed by atoms with Gasteiger partial charge in [-0.1, -0.05) is 43.7 Å². The van der Waals surface area contributed by atoms with E-state index in [0.717, 1.165) is 5.56 Å². The molecule has 400 valence electrons. The van der Waals surface area contributed by atoms with Gasteiger partial charge < -0.3 is 73.6 Å². The summed E-state index contributed by atoms with van der Waals surface area (Å²) < 4.78 is 45.6. The van der Waals surface area contributed by atoms with Crippen molar-refractivity contribution in [3.05, 3.63) is 41.7 Å². The first kappa shape index (κ1) is 58.0. The molecule has 3 saturated heterocycles. The molecule has 19 nitrogen and oxygen atoms in total. The van der Waals surface area contributed by atoms with Crippen molar-refractivity contribution in [1.82, 2.24) is 24.8 Å². The number of benzene rings is 1. The van der Waals surface area contributed by atoms with Gasteiger partial charge in [-0.3, -0.25) is 4.79 Å². The highest BCUT2D eigenvalue weighted by molar-refractivity contribution is 5.73. The van der Waals surface area contributed by atoms with E-state index < -0.39 is 108 Å². The molecule has 4 heterocycles. The zero-order valence-electron chi connectivity index (χ0n) is 44.2. The summed E-state index contributed by atoms with van der Waals surface area (Å²) in [6, 6.07) is 6.59. The predicted molar refractivity (Wildman–Crippen MR) is 260 cm³/mol. The summed E-state index contributed by atoms with van der Waals surface area (Å²) in [4.78, 5) is 18.4. The molecule has 3 aliphatic rings. The van der Waals surface area contributed by atoms with Crippen molar-refractivity contribution in [2.75, 3.05) is 40.9 Å². The zero-order chi connectivity index (χ0) is 52.0. The van der Waals surface area contributed by atoms with Crippen LogP contribution in [-0.2, 0) is 46.2 Å². The monoisotopic (exact) mass is 994 g/mol. The molecule has 0 spiro atoms. The number of carbonyl (C=O) groups excluding carboxylic acids is 1. The Bertz CT molecular complexity index is 1920. The van der Waals surface area contributed by atoms with Gasteiger partial charge in [0.05, 0.1) is 53.8 Å². The number of aliphatic hydroxyl groups excluding tert-OH is 4. The first-order chi connectivity index (χ1) is 32.7. The van der Waals surface area contributed by atoms with Crippen LogP contribution in [0.5, 0.6) is 5.75 Å². The number of aryl methyl sites for hydroxylation is 1. The minimum atomic E-state index is -1.84. The number of likely N-dealkylation sites (N-methyl/N-ethyl adjacent to an activating group) is 2. The number of hydrogen-bond acceptors (Lipinski definition) is 18. The summed E-state index contributed by atoms with van der Waals surface area (Å²) in [5.74, 6) is -2.13. The molecule has 0 aliphatic carbocycles. The van der Waals surface area contributed by atoms with Gasteiger partial charge in [-0.05, 0) is 107 Å². The molecule has 1 aromatic carbocycles. The van der Waals surface area contributed by atoms with Crippen LogP contribution in [0.15, 0.2) is 30.5 Å². The van der Waals surface area contributed by atoms with E-state index in [1.807, 2.05) is 75.9 Å². The predicted octanol–water partition coefficient (Wildman–Crippen LogP) is 2.85. The first-order valence-electron chi connectivity index (χ1n) is 25.2. The summed E-state index contributed by atoms with van der Waals surface area (Å²) in [5.41, 5.74) is -2.73. The van der Waals surface area contributed by atoms with E-state index in [4.69, 9.17) is 33.2 Å². The molecule has 5 rings (SSSR count). The highest BCUT2D eigenvalue weighted by atomic mass is 16.7. The van der Waals surface area contributed by atoms with Gasteiger partial charge in [-0.25, -0.2) is 4.68 Å². The number of aromatic nitrogens is 3. The third-order valence-corrected chi connectivity index (χ3v) is 15.3. The summed E-state index contributed by atoms with van der Waals surface area (Å²) in [7, 11) is 5.24. The van der Waals surface area contributed by atoms with Crippen molar-refractivity contribution in [2.45, 2.75) is 211 Å². The molecule has 19 atom stereocenters. The summed E-state index contributed by atoms with van der Waals surface area (Å²) in [6.45, 7) is 20.7. The van der Waals surface area contributed by atoms with Crippen LogP contribution in [0.25, 0.3) is 0 Å². The van der Waals surface area contributed by atoms with Crippen LogP contribution in [-0.4, -0.2) is 199 Å². The lowest BCUT2D eigenvalue weighted by atomic mass is 9.77. The molecule has 0 radical (unpaired) electrons. The quantitative estimate of drug-likeness (QED) is 0.141. The number of hydrogen-bond donors (Lipinski definition) is 6. The van der Waals surface area contributed by atoms with Crippen molar-refractivity contribution >= 4 is 5.97 Å². The maximum Gasteiger partial charge on any atom is 0.311 e. The van der Waals surface area contributed by atoms with Gasteiger partial charge in [0.25, 0.3) is 0 Å². The molecule has 2 aromatic rings. The molecule has 0 bridgehead atoms. The number of ether oxygens (including phenoxy) is 7. The fraction of sp³-hybridized carbons (Fsp3) is 0.824. The van der Waals surface area contributed by atoms with Gasteiger partial charge in [-0.2, -0.15) is 0 Å². The van der Waals surface area contributed by atoms with Crippen molar-refractivity contribution in [2.24, 2.45) is 17.8 Å². The third kappa shape index (κ3) is 14.2. The molecule has 0 amide bonds. The van der Waals surface area contributed by atoms with E-state index in [2.05, 4.69) is 10.3 Å². The molecule has 3 fully saturated rings. The number of methoxy groups -OCH3 is 1. The second kappa shape index (κ2) is 24.4. The molecular weight excluding hydrogens is 907 g/mol. The Labute approximate surface area is 415 Å². The maximum absolute atomic E-state index is 14.5. The number of nitrogens with zero attached hydrogens (tertiary/aromatic N) is 5. The van der Waals surface area contributed by atoms with Gasteiger partial charge in [0.2, 0.25) is 0 Å². The number of carbonyl (C=O) groups is 1. The fourth-order valence-electron chi connectivity index (χ4n) is 10.8. The molecule has 19 heteroatoms. The largest absolute Gasteiger partial charge is 0.491 e. The van der Waals surface area contributed by atoms with Gasteiger partial charge in [0.1, 0.15) is 48.5 Å². The number of rotatable bonds is 15. The van der Waals surface area contributed by atoms with Crippen molar-refractivity contribution in [1.29, 1.82) is 0 Å². The molecule has 0 saturated carbocycles. The standard InChI is InChI=1S/C51H87N5O14/c1-15-40-51(11,63)44(59)34(7)55(13)25-30(3)23-49(9,62)46(32(5)43(33(6)47(61)68-40)69-41-24-50(10,64-14)45(60)35(8)67-41)70-48-42(58)39(22-31(4)66-48)54(12)21-20-36-26-56(53-52-36)27-37(57)28-65-38-18-16-29(2)17-19-38/h16-19,26,30-35,37,39-46,48,57-60,62-63H,15,20-25,27-28H2,1-14H3/t30-,31-,32+,33-,34-,35+,37+,39+,40-,41+,42-,43+,44-,45+,46-,48+,49-,50-,51-/m1/s1. The Kier molecular flexibility index (Phi) is 20.2. The average molecular weight is 994 g/mol. The molecular formula is C51H87N5O14. The number of aliphatic hydroxyl groups is 6. The van der Waals surface area contributed by atoms with Crippen LogP contribution in [0.4, 0.5) is 0 Å². The van der Waals surface area contributed by atoms with Crippen molar-refractivity contribution in [3.63, 3.8) is 0 Å². The van der Waals surface area contributed by atoms with E-state index in [-0.39, 0.29) is 44.4 Å². The van der Waals surface area contributed by atoms with Gasteiger partial charge >= 0.3 is 5.97 Å². The van der Waals surface area contributed by atoms with E-state index in [1.54, 1.807) is 52.4 Å². The lowest BCUT2D eigenvalue weighted by Crippen LogP contribution is -2.61. The highest BCUT2D eigenvalue weighted by Gasteiger charge is 2.53. The Morgan fingerprint density at radius 3 is 2.29 bits per heavy atom. The minimum absolute atomic E-state index is 0.0929. The minimum Gasteiger partial charge on any atom is -0.491 e. The lowest BCUT2D eigenvalue weighted by Gasteiger charge is -2.49. The van der Waals surface area contributed by atoms with Gasteiger partial charge in [0, 0.05) is 57.2 Å². The van der Waals surface area contributed by atoms with Gasteiger partial charge in [0.15, 0.2) is 12.6 Å². The molecule has 3 aliphatic heterocycles. The summed E-state index contributed by atoms with van der Waals surface area (Å²) >= 11 is 0.